The van der Waals surface area contributed by atoms with Crippen LogP contribution < -0.4 is 19.7 Å². The van der Waals surface area contributed by atoms with Crippen molar-refractivity contribution >= 4 is 28.8 Å². The standard InChI is InChI=1S/C26H22N2O4/c1-15-4-6-18(7-5-15)23-24(27-19-8-9-21-22(13-19)32-14-31-21)26(30)28(25(23)29)20-11-16(2)10-17(3)12-20/h4-13,27H,14H2,1-3H3. The number of amides is 2. The first-order valence-electron chi connectivity index (χ1n) is 10.4. The van der Waals surface area contributed by atoms with E-state index in [-0.39, 0.29) is 18.4 Å². The second-order valence-corrected chi connectivity index (χ2v) is 8.10. The molecule has 6 nitrogen and oxygen atoms in total. The molecule has 0 spiro atoms. The van der Waals surface area contributed by atoms with Gasteiger partial charge in [-0.15, -0.1) is 0 Å². The maximum atomic E-state index is 13.6. The number of hydrogen-bond donors (Lipinski definition) is 1. The first-order valence-corrected chi connectivity index (χ1v) is 10.4. The number of anilines is 2. The second-order valence-electron chi connectivity index (χ2n) is 8.10. The van der Waals surface area contributed by atoms with Gasteiger partial charge in [0.1, 0.15) is 5.70 Å². The molecule has 0 saturated heterocycles. The Labute approximate surface area is 186 Å². The molecule has 0 aliphatic carbocycles. The molecule has 2 amide bonds. The molecule has 5 rings (SSSR count). The molecule has 0 fully saturated rings. The molecular weight excluding hydrogens is 404 g/mol. The molecule has 0 radical (unpaired) electrons. The van der Waals surface area contributed by atoms with Crippen LogP contribution in [0, 0.1) is 20.8 Å². The van der Waals surface area contributed by atoms with E-state index >= 15 is 0 Å². The molecule has 0 aromatic heterocycles. The summed E-state index contributed by atoms with van der Waals surface area (Å²) in [7, 11) is 0. The predicted octanol–water partition coefficient (Wildman–Crippen LogP) is 4.74. The zero-order chi connectivity index (χ0) is 22.4. The van der Waals surface area contributed by atoms with Crippen molar-refractivity contribution in [2.45, 2.75) is 20.8 Å². The second kappa shape index (κ2) is 7.57. The fourth-order valence-corrected chi connectivity index (χ4v) is 4.07. The predicted molar refractivity (Wildman–Crippen MR) is 123 cm³/mol. The minimum Gasteiger partial charge on any atom is -0.454 e. The Morgan fingerprint density at radius 2 is 1.44 bits per heavy atom. The van der Waals surface area contributed by atoms with Gasteiger partial charge in [-0.3, -0.25) is 9.59 Å². The molecule has 32 heavy (non-hydrogen) atoms. The van der Waals surface area contributed by atoms with E-state index in [2.05, 4.69) is 5.32 Å². The largest absolute Gasteiger partial charge is 0.454 e. The Hall–Kier alpha value is -4.06. The Balaban J connectivity index is 1.60. The highest BCUT2D eigenvalue weighted by molar-refractivity contribution is 6.46. The van der Waals surface area contributed by atoms with Gasteiger partial charge in [-0.05, 0) is 61.7 Å². The highest BCUT2D eigenvalue weighted by atomic mass is 16.7. The van der Waals surface area contributed by atoms with Crippen molar-refractivity contribution in [1.29, 1.82) is 0 Å². The number of aryl methyl sites for hydroxylation is 3. The lowest BCUT2D eigenvalue weighted by molar-refractivity contribution is -0.120. The minimum absolute atomic E-state index is 0.161. The molecule has 160 valence electrons. The van der Waals surface area contributed by atoms with Crippen LogP contribution in [0.5, 0.6) is 11.5 Å². The highest BCUT2D eigenvalue weighted by Crippen LogP contribution is 2.38. The van der Waals surface area contributed by atoms with E-state index in [0.717, 1.165) is 16.7 Å². The van der Waals surface area contributed by atoms with Crippen LogP contribution in [0.4, 0.5) is 11.4 Å². The normalized spacial score (nSPS) is 15.0. The summed E-state index contributed by atoms with van der Waals surface area (Å²) in [6, 6.07) is 18.6. The van der Waals surface area contributed by atoms with Gasteiger partial charge in [0.2, 0.25) is 6.79 Å². The van der Waals surface area contributed by atoms with Crippen molar-refractivity contribution in [3.05, 3.63) is 88.6 Å². The lowest BCUT2D eigenvalue weighted by Crippen LogP contribution is -2.32. The van der Waals surface area contributed by atoms with Crippen LogP contribution in [0.1, 0.15) is 22.3 Å². The average Bonchev–Trinajstić information content (AvgIpc) is 3.30. The fourth-order valence-electron chi connectivity index (χ4n) is 4.07. The van der Waals surface area contributed by atoms with Gasteiger partial charge in [-0.25, -0.2) is 4.90 Å². The summed E-state index contributed by atoms with van der Waals surface area (Å²) in [5, 5.41) is 3.17. The zero-order valence-corrected chi connectivity index (χ0v) is 18.1. The van der Waals surface area contributed by atoms with Gasteiger partial charge in [0.05, 0.1) is 11.3 Å². The number of carbonyl (C=O) groups excluding carboxylic acids is 2. The van der Waals surface area contributed by atoms with E-state index in [9.17, 15) is 9.59 Å². The molecule has 0 unspecified atom stereocenters. The van der Waals surface area contributed by atoms with Gasteiger partial charge >= 0.3 is 0 Å². The van der Waals surface area contributed by atoms with Crippen molar-refractivity contribution < 1.29 is 19.1 Å². The fraction of sp³-hybridized carbons (Fsp3) is 0.154. The van der Waals surface area contributed by atoms with Crippen LogP contribution in [0.2, 0.25) is 0 Å². The SMILES string of the molecule is Cc1ccc(C2=C(Nc3ccc4c(c3)OCO4)C(=O)N(c3cc(C)cc(C)c3)C2=O)cc1. The summed E-state index contributed by atoms with van der Waals surface area (Å²) in [6.45, 7) is 6.03. The molecule has 3 aromatic carbocycles. The summed E-state index contributed by atoms with van der Waals surface area (Å²) in [4.78, 5) is 28.4. The van der Waals surface area contributed by atoms with E-state index in [4.69, 9.17) is 9.47 Å². The Morgan fingerprint density at radius 1 is 0.750 bits per heavy atom. The van der Waals surface area contributed by atoms with E-state index in [1.54, 1.807) is 18.2 Å². The van der Waals surface area contributed by atoms with Crippen molar-refractivity contribution in [3.8, 4) is 11.5 Å². The number of benzene rings is 3. The van der Waals surface area contributed by atoms with Gasteiger partial charge in [0, 0.05) is 11.8 Å². The molecular formula is C26H22N2O4. The van der Waals surface area contributed by atoms with Gasteiger partial charge in [0.25, 0.3) is 11.8 Å². The topological polar surface area (TPSA) is 67.9 Å². The van der Waals surface area contributed by atoms with Crippen molar-refractivity contribution in [3.63, 3.8) is 0 Å². The van der Waals surface area contributed by atoms with E-state index in [0.29, 0.717) is 34.0 Å². The number of fused-ring (bicyclic) bond motifs is 1. The Bertz CT molecular complexity index is 1270. The number of ether oxygens (including phenoxy) is 2. The summed E-state index contributed by atoms with van der Waals surface area (Å²) < 4.78 is 10.8. The third-order valence-electron chi connectivity index (χ3n) is 5.53. The monoisotopic (exact) mass is 426 g/mol. The van der Waals surface area contributed by atoms with E-state index in [1.807, 2.05) is 63.2 Å². The molecule has 0 saturated carbocycles. The number of hydrogen-bond acceptors (Lipinski definition) is 5. The van der Waals surface area contributed by atoms with Gasteiger partial charge < -0.3 is 14.8 Å². The molecule has 1 N–H and O–H groups in total. The molecule has 2 heterocycles. The lowest BCUT2D eigenvalue weighted by Gasteiger charge is -2.17. The lowest BCUT2D eigenvalue weighted by atomic mass is 10.0. The van der Waals surface area contributed by atoms with Crippen LogP contribution in [0.25, 0.3) is 5.57 Å². The molecule has 3 aromatic rings. The van der Waals surface area contributed by atoms with Crippen LogP contribution in [-0.4, -0.2) is 18.6 Å². The Kier molecular flexibility index (Phi) is 4.70. The maximum absolute atomic E-state index is 13.6. The average molecular weight is 426 g/mol. The first kappa shape index (κ1) is 19.9. The molecule has 0 bridgehead atoms. The summed E-state index contributed by atoms with van der Waals surface area (Å²) in [5.41, 5.74) is 5.49. The van der Waals surface area contributed by atoms with Crippen molar-refractivity contribution in [2.24, 2.45) is 0 Å². The van der Waals surface area contributed by atoms with Gasteiger partial charge in [0.15, 0.2) is 11.5 Å². The Morgan fingerprint density at radius 3 is 2.16 bits per heavy atom. The summed E-state index contributed by atoms with van der Waals surface area (Å²) >= 11 is 0. The van der Waals surface area contributed by atoms with Crippen molar-refractivity contribution in [2.75, 3.05) is 17.0 Å². The summed E-state index contributed by atoms with van der Waals surface area (Å²) in [6.07, 6.45) is 0. The summed E-state index contributed by atoms with van der Waals surface area (Å²) in [5.74, 6) is 0.490. The zero-order valence-electron chi connectivity index (χ0n) is 18.1. The first-order chi connectivity index (χ1) is 15.4. The number of nitrogens with one attached hydrogen (secondary N) is 1. The molecule has 2 aliphatic heterocycles. The van der Waals surface area contributed by atoms with Crippen molar-refractivity contribution in [1.82, 2.24) is 0 Å². The number of nitrogens with zero attached hydrogens (tertiary/aromatic N) is 1. The van der Waals surface area contributed by atoms with E-state index in [1.165, 1.54) is 4.90 Å². The number of rotatable bonds is 4. The number of carbonyl (C=O) groups is 2. The number of imide groups is 1. The van der Waals surface area contributed by atoms with Crippen LogP contribution in [0.3, 0.4) is 0 Å². The highest BCUT2D eigenvalue weighted by Gasteiger charge is 2.40. The maximum Gasteiger partial charge on any atom is 0.282 e. The smallest absolute Gasteiger partial charge is 0.282 e. The van der Waals surface area contributed by atoms with Gasteiger partial charge in [-0.1, -0.05) is 35.9 Å². The minimum atomic E-state index is -0.395. The van der Waals surface area contributed by atoms with Gasteiger partial charge in [-0.2, -0.15) is 0 Å². The van der Waals surface area contributed by atoms with Crippen LogP contribution in [-0.2, 0) is 9.59 Å². The molecule has 2 aliphatic rings. The molecule has 0 atom stereocenters. The molecule has 6 heteroatoms. The van der Waals surface area contributed by atoms with Crippen LogP contribution in [0.15, 0.2) is 66.4 Å². The van der Waals surface area contributed by atoms with Crippen LogP contribution >= 0.6 is 0 Å². The third-order valence-corrected chi connectivity index (χ3v) is 5.53. The quantitative estimate of drug-likeness (QED) is 0.611. The van der Waals surface area contributed by atoms with E-state index < -0.39 is 5.91 Å². The third kappa shape index (κ3) is 3.39.